The van der Waals surface area contributed by atoms with Crippen molar-refractivity contribution in [2.24, 2.45) is 0 Å². The standard InChI is InChI=1S/C15H20O4/c1-2-3-4-5-6-7-13(16)11-8-9-14(17)12(10-11)15(18)19/h8-10,17H,2-7H2,1H3,(H,18,19). The maximum atomic E-state index is 11.9. The Morgan fingerprint density at radius 3 is 2.42 bits per heavy atom. The first-order valence-corrected chi connectivity index (χ1v) is 6.65. The molecule has 0 spiro atoms. The number of rotatable bonds is 8. The van der Waals surface area contributed by atoms with E-state index in [1.54, 1.807) is 0 Å². The summed E-state index contributed by atoms with van der Waals surface area (Å²) in [4.78, 5) is 22.7. The fourth-order valence-corrected chi connectivity index (χ4v) is 1.91. The number of hydrogen-bond donors (Lipinski definition) is 2. The predicted octanol–water partition coefficient (Wildman–Crippen LogP) is 3.63. The molecule has 4 heteroatoms. The first-order valence-electron chi connectivity index (χ1n) is 6.65. The number of carboxylic acid groups (broad SMARTS) is 1. The monoisotopic (exact) mass is 264 g/mol. The summed E-state index contributed by atoms with van der Waals surface area (Å²) in [5.74, 6) is -1.61. The summed E-state index contributed by atoms with van der Waals surface area (Å²) in [5.41, 5.74) is 0.127. The normalized spacial score (nSPS) is 10.4. The van der Waals surface area contributed by atoms with E-state index in [4.69, 9.17) is 5.11 Å². The van der Waals surface area contributed by atoms with Gasteiger partial charge in [0.15, 0.2) is 5.78 Å². The van der Waals surface area contributed by atoms with Crippen molar-refractivity contribution < 1.29 is 19.8 Å². The van der Waals surface area contributed by atoms with Crippen LogP contribution in [0.25, 0.3) is 0 Å². The number of hydrogen-bond acceptors (Lipinski definition) is 3. The minimum absolute atomic E-state index is 0.0704. The SMILES string of the molecule is CCCCCCCC(=O)c1ccc(O)c(C(=O)O)c1. The van der Waals surface area contributed by atoms with Gasteiger partial charge in [-0.05, 0) is 24.6 Å². The van der Waals surface area contributed by atoms with Crippen molar-refractivity contribution >= 4 is 11.8 Å². The van der Waals surface area contributed by atoms with Crippen molar-refractivity contribution in [3.63, 3.8) is 0 Å². The van der Waals surface area contributed by atoms with Gasteiger partial charge in [-0.3, -0.25) is 4.79 Å². The van der Waals surface area contributed by atoms with Crippen LogP contribution in [0.3, 0.4) is 0 Å². The van der Waals surface area contributed by atoms with Crippen LogP contribution < -0.4 is 0 Å². The van der Waals surface area contributed by atoms with Crippen LogP contribution >= 0.6 is 0 Å². The number of carboxylic acids is 1. The van der Waals surface area contributed by atoms with Crippen molar-refractivity contribution in [3.05, 3.63) is 29.3 Å². The van der Waals surface area contributed by atoms with Gasteiger partial charge in [0.25, 0.3) is 0 Å². The largest absolute Gasteiger partial charge is 0.507 e. The lowest BCUT2D eigenvalue weighted by molar-refractivity contribution is 0.0693. The minimum atomic E-state index is -1.23. The third-order valence-electron chi connectivity index (χ3n) is 3.06. The van der Waals surface area contributed by atoms with Gasteiger partial charge in [-0.1, -0.05) is 32.6 Å². The Bertz CT molecular complexity index is 451. The number of ketones is 1. The summed E-state index contributed by atoms with van der Waals surface area (Å²) < 4.78 is 0. The van der Waals surface area contributed by atoms with Crippen LogP contribution in [0, 0.1) is 0 Å². The van der Waals surface area contributed by atoms with Gasteiger partial charge < -0.3 is 10.2 Å². The fraction of sp³-hybridized carbons (Fsp3) is 0.467. The average molecular weight is 264 g/mol. The summed E-state index contributed by atoms with van der Waals surface area (Å²) in [7, 11) is 0. The molecule has 0 radical (unpaired) electrons. The van der Waals surface area contributed by atoms with Crippen LogP contribution in [0.1, 0.15) is 66.2 Å². The summed E-state index contributed by atoms with van der Waals surface area (Å²) in [5, 5.41) is 18.2. The number of phenols is 1. The number of aromatic hydroxyl groups is 1. The van der Waals surface area contributed by atoms with Crippen LogP contribution in [-0.2, 0) is 0 Å². The smallest absolute Gasteiger partial charge is 0.339 e. The van der Waals surface area contributed by atoms with E-state index in [-0.39, 0.29) is 17.1 Å². The molecule has 0 unspecified atom stereocenters. The van der Waals surface area contributed by atoms with Gasteiger partial charge in [0.2, 0.25) is 0 Å². The molecule has 104 valence electrons. The zero-order valence-electron chi connectivity index (χ0n) is 11.2. The summed E-state index contributed by atoms with van der Waals surface area (Å²) in [6.45, 7) is 2.13. The Hall–Kier alpha value is -1.84. The maximum absolute atomic E-state index is 11.9. The molecule has 4 nitrogen and oxygen atoms in total. The van der Waals surface area contributed by atoms with Crippen LogP contribution in [-0.4, -0.2) is 22.0 Å². The molecule has 0 aromatic heterocycles. The van der Waals surface area contributed by atoms with Crippen LogP contribution in [0.5, 0.6) is 5.75 Å². The van der Waals surface area contributed by atoms with Gasteiger partial charge in [-0.2, -0.15) is 0 Å². The molecule has 0 bridgehead atoms. The highest BCUT2D eigenvalue weighted by Crippen LogP contribution is 2.20. The summed E-state index contributed by atoms with van der Waals surface area (Å²) >= 11 is 0. The molecule has 1 rings (SSSR count). The van der Waals surface area contributed by atoms with E-state index in [9.17, 15) is 14.7 Å². The second-order valence-corrected chi connectivity index (χ2v) is 4.62. The third kappa shape index (κ3) is 4.73. The second kappa shape index (κ2) is 7.56. The van der Waals surface area contributed by atoms with Crippen molar-refractivity contribution in [1.29, 1.82) is 0 Å². The average Bonchev–Trinajstić information content (AvgIpc) is 2.38. The lowest BCUT2D eigenvalue weighted by Crippen LogP contribution is -2.03. The highest BCUT2D eigenvalue weighted by Gasteiger charge is 2.13. The number of carbonyl (C=O) groups excluding carboxylic acids is 1. The molecular weight excluding hydrogens is 244 g/mol. The zero-order valence-corrected chi connectivity index (χ0v) is 11.2. The summed E-state index contributed by atoms with van der Waals surface area (Å²) in [6.07, 6.45) is 5.73. The van der Waals surface area contributed by atoms with Gasteiger partial charge in [0, 0.05) is 12.0 Å². The molecule has 0 aliphatic carbocycles. The molecule has 1 aromatic carbocycles. The third-order valence-corrected chi connectivity index (χ3v) is 3.06. The molecule has 0 fully saturated rings. The Kier molecular flexibility index (Phi) is 6.06. The van der Waals surface area contributed by atoms with E-state index in [1.165, 1.54) is 24.6 Å². The Labute approximate surface area is 113 Å². The van der Waals surface area contributed by atoms with Gasteiger partial charge >= 0.3 is 5.97 Å². The highest BCUT2D eigenvalue weighted by atomic mass is 16.4. The van der Waals surface area contributed by atoms with Crippen molar-refractivity contribution in [3.8, 4) is 5.75 Å². The van der Waals surface area contributed by atoms with E-state index in [1.807, 2.05) is 0 Å². The van der Waals surface area contributed by atoms with Gasteiger partial charge in [0.1, 0.15) is 11.3 Å². The van der Waals surface area contributed by atoms with Crippen LogP contribution in [0.4, 0.5) is 0 Å². The molecule has 2 N–H and O–H groups in total. The van der Waals surface area contributed by atoms with Crippen molar-refractivity contribution in [2.45, 2.75) is 45.4 Å². The van der Waals surface area contributed by atoms with E-state index in [0.29, 0.717) is 12.0 Å². The van der Waals surface area contributed by atoms with E-state index in [2.05, 4.69) is 6.92 Å². The molecule has 0 amide bonds. The molecule has 0 heterocycles. The maximum Gasteiger partial charge on any atom is 0.339 e. The van der Waals surface area contributed by atoms with Crippen molar-refractivity contribution in [2.75, 3.05) is 0 Å². The van der Waals surface area contributed by atoms with E-state index in [0.717, 1.165) is 25.7 Å². The Balaban J connectivity index is 2.57. The topological polar surface area (TPSA) is 74.6 Å². The fourth-order valence-electron chi connectivity index (χ4n) is 1.91. The number of unbranched alkanes of at least 4 members (excludes halogenated alkanes) is 4. The number of carbonyl (C=O) groups is 2. The number of Topliss-reactive ketones (excluding diaryl/α,β-unsaturated/α-hetero) is 1. The van der Waals surface area contributed by atoms with Gasteiger partial charge in [0.05, 0.1) is 0 Å². The lowest BCUT2D eigenvalue weighted by Gasteiger charge is -2.04. The first-order chi connectivity index (χ1) is 9.06. The molecule has 0 aliphatic rings. The Morgan fingerprint density at radius 2 is 1.79 bits per heavy atom. The molecule has 1 aromatic rings. The van der Waals surface area contributed by atoms with E-state index >= 15 is 0 Å². The molecule has 0 saturated heterocycles. The highest BCUT2D eigenvalue weighted by molar-refractivity contribution is 5.99. The van der Waals surface area contributed by atoms with Gasteiger partial charge in [-0.15, -0.1) is 0 Å². The molecule has 0 aliphatic heterocycles. The first kappa shape index (κ1) is 15.2. The zero-order chi connectivity index (χ0) is 14.3. The second-order valence-electron chi connectivity index (χ2n) is 4.62. The Morgan fingerprint density at radius 1 is 1.11 bits per heavy atom. The number of benzene rings is 1. The molecule has 19 heavy (non-hydrogen) atoms. The number of aromatic carboxylic acids is 1. The van der Waals surface area contributed by atoms with Crippen molar-refractivity contribution in [1.82, 2.24) is 0 Å². The summed E-state index contributed by atoms with van der Waals surface area (Å²) in [6, 6.07) is 3.97. The van der Waals surface area contributed by atoms with Gasteiger partial charge in [-0.25, -0.2) is 4.79 Å². The van der Waals surface area contributed by atoms with Crippen LogP contribution in [0.15, 0.2) is 18.2 Å². The van der Waals surface area contributed by atoms with Crippen LogP contribution in [0.2, 0.25) is 0 Å². The molecule has 0 saturated carbocycles. The van der Waals surface area contributed by atoms with E-state index < -0.39 is 5.97 Å². The molecular formula is C15H20O4. The molecule has 0 atom stereocenters. The quantitative estimate of drug-likeness (QED) is 0.555. The predicted molar refractivity (Wildman–Crippen MR) is 72.8 cm³/mol. The minimum Gasteiger partial charge on any atom is -0.507 e. The lowest BCUT2D eigenvalue weighted by atomic mass is 10.0.